The minimum absolute atomic E-state index is 0.206. The topological polar surface area (TPSA) is 53.4 Å². The zero-order valence-electron chi connectivity index (χ0n) is 12.6. The average molecular weight is 296 g/mol. The molecular weight excluding hydrogens is 272 g/mol. The second-order valence-electron chi connectivity index (χ2n) is 5.69. The maximum Gasteiger partial charge on any atom is 0.347 e. The third-order valence-corrected chi connectivity index (χ3v) is 5.40. The molecule has 0 radical (unpaired) electrons. The lowest BCUT2D eigenvalue weighted by Crippen LogP contribution is -2.35. The molecule has 20 heavy (non-hydrogen) atoms. The van der Waals surface area contributed by atoms with Crippen LogP contribution in [0.2, 0.25) is 0 Å². The second kappa shape index (κ2) is 6.57. The Morgan fingerprint density at radius 3 is 2.90 bits per heavy atom. The molecule has 1 aromatic heterocycles. The Labute approximate surface area is 124 Å². The van der Waals surface area contributed by atoms with Crippen molar-refractivity contribution in [2.75, 3.05) is 18.0 Å². The van der Waals surface area contributed by atoms with Crippen LogP contribution < -0.4 is 4.90 Å². The van der Waals surface area contributed by atoms with E-state index in [0.717, 1.165) is 30.3 Å². The van der Waals surface area contributed by atoms with Crippen LogP contribution in [0.1, 0.15) is 67.7 Å². The summed E-state index contributed by atoms with van der Waals surface area (Å²) in [6, 6.07) is 0. The molecule has 0 saturated carbocycles. The highest BCUT2D eigenvalue weighted by Crippen LogP contribution is 2.34. The molecule has 2 heterocycles. The number of carboxylic acid groups (broad SMARTS) is 1. The lowest BCUT2D eigenvalue weighted by Gasteiger charge is -2.32. The van der Waals surface area contributed by atoms with Crippen LogP contribution in [0.3, 0.4) is 0 Å². The fourth-order valence-corrected chi connectivity index (χ4v) is 3.77. The van der Waals surface area contributed by atoms with E-state index in [0.29, 0.717) is 10.8 Å². The summed E-state index contributed by atoms with van der Waals surface area (Å²) >= 11 is 1.35. The maximum atomic E-state index is 11.4. The summed E-state index contributed by atoms with van der Waals surface area (Å²) in [5.41, 5.74) is 0.763. The van der Waals surface area contributed by atoms with Gasteiger partial charge in [-0.3, -0.25) is 0 Å². The monoisotopic (exact) mass is 296 g/mol. The molecule has 2 rings (SSSR count). The molecule has 2 atom stereocenters. The molecule has 112 valence electrons. The van der Waals surface area contributed by atoms with E-state index in [1.165, 1.54) is 30.6 Å². The summed E-state index contributed by atoms with van der Waals surface area (Å²) < 4.78 is 0. The molecule has 5 heteroatoms. The number of thiazole rings is 1. The normalized spacial score (nSPS) is 20.9. The summed E-state index contributed by atoms with van der Waals surface area (Å²) in [5.74, 6) is 0.0824. The first-order valence-corrected chi connectivity index (χ1v) is 8.37. The van der Waals surface area contributed by atoms with Crippen molar-refractivity contribution in [3.8, 4) is 0 Å². The van der Waals surface area contributed by atoms with Gasteiger partial charge in [0.1, 0.15) is 4.88 Å². The number of anilines is 1. The number of rotatable bonds is 5. The number of aromatic nitrogens is 1. The molecule has 1 aliphatic rings. The van der Waals surface area contributed by atoms with Crippen molar-refractivity contribution >= 4 is 22.4 Å². The lowest BCUT2D eigenvalue weighted by molar-refractivity contribution is 0.0700. The molecule has 4 nitrogen and oxygen atoms in total. The van der Waals surface area contributed by atoms with Crippen molar-refractivity contribution in [3.63, 3.8) is 0 Å². The summed E-state index contributed by atoms with van der Waals surface area (Å²) in [6.07, 6.45) is 4.56. The Morgan fingerprint density at radius 2 is 2.30 bits per heavy atom. The summed E-state index contributed by atoms with van der Waals surface area (Å²) in [5, 5.41) is 10.3. The zero-order chi connectivity index (χ0) is 14.7. The lowest BCUT2D eigenvalue weighted by atomic mass is 9.96. The van der Waals surface area contributed by atoms with Crippen LogP contribution >= 0.6 is 11.3 Å². The molecule has 0 spiro atoms. The number of aromatic carboxylic acids is 1. The molecule has 0 aliphatic carbocycles. The van der Waals surface area contributed by atoms with Crippen molar-refractivity contribution in [2.24, 2.45) is 5.92 Å². The highest BCUT2D eigenvalue weighted by atomic mass is 32.1. The van der Waals surface area contributed by atoms with Gasteiger partial charge in [-0.25, -0.2) is 9.78 Å². The van der Waals surface area contributed by atoms with Gasteiger partial charge in [-0.05, 0) is 31.1 Å². The van der Waals surface area contributed by atoms with Crippen LogP contribution in [0, 0.1) is 5.92 Å². The average Bonchev–Trinajstić information content (AvgIpc) is 2.92. The minimum atomic E-state index is -0.840. The number of hydrogen-bond acceptors (Lipinski definition) is 4. The van der Waals surface area contributed by atoms with Gasteiger partial charge >= 0.3 is 5.97 Å². The van der Waals surface area contributed by atoms with Gasteiger partial charge in [-0.15, -0.1) is 0 Å². The maximum absolute atomic E-state index is 11.4. The van der Waals surface area contributed by atoms with Crippen LogP contribution in [0.15, 0.2) is 0 Å². The molecule has 1 aromatic rings. The predicted octanol–water partition coefficient (Wildman–Crippen LogP) is 3.98. The van der Waals surface area contributed by atoms with E-state index in [9.17, 15) is 9.90 Å². The molecule has 0 amide bonds. The van der Waals surface area contributed by atoms with Gasteiger partial charge in [-0.2, -0.15) is 0 Å². The van der Waals surface area contributed by atoms with Gasteiger partial charge in [0.2, 0.25) is 0 Å². The van der Waals surface area contributed by atoms with Crippen molar-refractivity contribution in [3.05, 3.63) is 10.6 Å². The Bertz CT molecular complexity index is 472. The van der Waals surface area contributed by atoms with Crippen LogP contribution in [0.5, 0.6) is 0 Å². The highest BCUT2D eigenvalue weighted by molar-refractivity contribution is 7.17. The van der Waals surface area contributed by atoms with E-state index in [-0.39, 0.29) is 5.92 Å². The van der Waals surface area contributed by atoms with Crippen molar-refractivity contribution in [1.29, 1.82) is 0 Å². The Kier molecular flexibility index (Phi) is 5.02. The predicted molar refractivity (Wildman–Crippen MR) is 83.0 cm³/mol. The fourth-order valence-electron chi connectivity index (χ4n) is 2.71. The molecule has 0 bridgehead atoms. The third-order valence-electron chi connectivity index (χ3n) is 4.28. The summed E-state index contributed by atoms with van der Waals surface area (Å²) in [6.45, 7) is 8.37. The van der Waals surface area contributed by atoms with Gasteiger partial charge in [0, 0.05) is 13.1 Å². The van der Waals surface area contributed by atoms with Gasteiger partial charge in [0.05, 0.1) is 5.69 Å². The van der Waals surface area contributed by atoms with E-state index in [4.69, 9.17) is 0 Å². The van der Waals surface area contributed by atoms with Crippen molar-refractivity contribution < 1.29 is 9.90 Å². The first-order chi connectivity index (χ1) is 9.56. The van der Waals surface area contributed by atoms with Crippen molar-refractivity contribution in [1.82, 2.24) is 4.98 Å². The Hall–Kier alpha value is -1.10. The first kappa shape index (κ1) is 15.3. The van der Waals surface area contributed by atoms with E-state index in [2.05, 4.69) is 30.7 Å². The number of carboxylic acids is 1. The molecule has 1 aliphatic heterocycles. The largest absolute Gasteiger partial charge is 0.477 e. The summed E-state index contributed by atoms with van der Waals surface area (Å²) in [7, 11) is 0. The van der Waals surface area contributed by atoms with Crippen LogP contribution in [-0.4, -0.2) is 29.1 Å². The van der Waals surface area contributed by atoms with Gasteiger partial charge in [-0.1, -0.05) is 38.5 Å². The number of hydrogen-bond donors (Lipinski definition) is 1. The standard InChI is InChI=1S/C15H24N2O2S/c1-4-10(3)12-13(14(18)19)20-15(16-12)17-8-6-7-11(5-2)9-17/h10-11H,4-9H2,1-3H3,(H,18,19). The van der Waals surface area contributed by atoms with Crippen LogP contribution in [-0.2, 0) is 0 Å². The zero-order valence-corrected chi connectivity index (χ0v) is 13.4. The van der Waals surface area contributed by atoms with E-state index < -0.39 is 5.97 Å². The third kappa shape index (κ3) is 3.14. The first-order valence-electron chi connectivity index (χ1n) is 7.55. The smallest absolute Gasteiger partial charge is 0.347 e. The number of carbonyl (C=O) groups is 1. The molecule has 2 unspecified atom stereocenters. The molecule has 0 aromatic carbocycles. The van der Waals surface area contributed by atoms with Gasteiger partial charge in [0.25, 0.3) is 0 Å². The fraction of sp³-hybridized carbons (Fsp3) is 0.733. The molecule has 1 fully saturated rings. The number of piperidine rings is 1. The van der Waals surface area contributed by atoms with Gasteiger partial charge < -0.3 is 10.0 Å². The highest BCUT2D eigenvalue weighted by Gasteiger charge is 2.26. The van der Waals surface area contributed by atoms with E-state index in [1.807, 2.05) is 0 Å². The second-order valence-corrected chi connectivity index (χ2v) is 6.67. The quantitative estimate of drug-likeness (QED) is 0.893. The SMILES string of the molecule is CCC1CCCN(c2nc(C(C)CC)c(C(=O)O)s2)C1. The molecule has 1 N–H and O–H groups in total. The van der Waals surface area contributed by atoms with Crippen LogP contribution in [0.25, 0.3) is 0 Å². The molecular formula is C15H24N2O2S. The Morgan fingerprint density at radius 1 is 1.55 bits per heavy atom. The summed E-state index contributed by atoms with van der Waals surface area (Å²) in [4.78, 5) is 18.8. The van der Waals surface area contributed by atoms with Crippen LogP contribution in [0.4, 0.5) is 5.13 Å². The minimum Gasteiger partial charge on any atom is -0.477 e. The molecule has 1 saturated heterocycles. The van der Waals surface area contributed by atoms with E-state index >= 15 is 0 Å². The number of nitrogens with zero attached hydrogens (tertiary/aromatic N) is 2. The van der Waals surface area contributed by atoms with Crippen molar-refractivity contribution in [2.45, 2.75) is 52.4 Å². The Balaban J connectivity index is 2.26. The van der Waals surface area contributed by atoms with Gasteiger partial charge in [0.15, 0.2) is 5.13 Å². The van der Waals surface area contributed by atoms with E-state index in [1.54, 1.807) is 0 Å².